The Labute approximate surface area is 159 Å². The molecule has 3 rings (SSSR count). The summed E-state index contributed by atoms with van der Waals surface area (Å²) >= 11 is 0. The molecule has 2 aromatic carbocycles. The molecule has 142 valence electrons. The van der Waals surface area contributed by atoms with Gasteiger partial charge in [-0.15, -0.1) is 0 Å². The Morgan fingerprint density at radius 2 is 1.74 bits per heavy atom. The molecule has 27 heavy (non-hydrogen) atoms. The van der Waals surface area contributed by atoms with E-state index in [9.17, 15) is 14.0 Å². The van der Waals surface area contributed by atoms with Gasteiger partial charge in [-0.05, 0) is 48.9 Å². The van der Waals surface area contributed by atoms with E-state index in [-0.39, 0.29) is 36.4 Å². The second-order valence-electron chi connectivity index (χ2n) is 7.25. The summed E-state index contributed by atoms with van der Waals surface area (Å²) in [7, 11) is 3.87. The number of benzene rings is 2. The fraction of sp³-hybridized carbons (Fsp3) is 0.364. The van der Waals surface area contributed by atoms with Crippen molar-refractivity contribution in [2.45, 2.75) is 31.8 Å². The third kappa shape index (κ3) is 4.80. The van der Waals surface area contributed by atoms with Gasteiger partial charge in [0, 0.05) is 44.6 Å². The van der Waals surface area contributed by atoms with Gasteiger partial charge in [0.1, 0.15) is 5.82 Å². The van der Waals surface area contributed by atoms with E-state index in [1.54, 1.807) is 11.9 Å². The molecule has 5 heteroatoms. The molecule has 0 aliphatic carbocycles. The van der Waals surface area contributed by atoms with Gasteiger partial charge in [-0.1, -0.05) is 24.3 Å². The largest absolute Gasteiger partial charge is 0.344 e. The van der Waals surface area contributed by atoms with E-state index in [1.807, 2.05) is 0 Å². The zero-order valence-electron chi connectivity index (χ0n) is 15.8. The minimum atomic E-state index is -0.375. The summed E-state index contributed by atoms with van der Waals surface area (Å²) in [5.41, 5.74) is 3.12. The lowest BCUT2D eigenvalue weighted by atomic mass is 9.94. The lowest BCUT2D eigenvalue weighted by Gasteiger charge is -2.36. The number of likely N-dealkylation sites (N-methyl/N-ethyl adjacent to an activating group) is 2. The second kappa shape index (κ2) is 8.44. The molecule has 0 aromatic heterocycles. The number of hydrogen-bond donors (Lipinski definition) is 0. The molecule has 1 heterocycles. The van der Waals surface area contributed by atoms with Crippen LogP contribution in [0.25, 0.3) is 0 Å². The van der Waals surface area contributed by atoms with Crippen LogP contribution in [0.3, 0.4) is 0 Å². The number of rotatable bonds is 6. The zero-order valence-corrected chi connectivity index (χ0v) is 15.8. The maximum absolute atomic E-state index is 12.9. The van der Waals surface area contributed by atoms with Gasteiger partial charge in [0.05, 0.1) is 0 Å². The minimum absolute atomic E-state index is 0.0438. The highest BCUT2D eigenvalue weighted by molar-refractivity contribution is 5.97. The van der Waals surface area contributed by atoms with Gasteiger partial charge in [0.2, 0.25) is 5.91 Å². The topological polar surface area (TPSA) is 40.6 Å². The number of nitrogens with zero attached hydrogens (tertiary/aromatic N) is 2. The van der Waals surface area contributed by atoms with E-state index in [0.717, 1.165) is 13.0 Å². The van der Waals surface area contributed by atoms with Crippen molar-refractivity contribution in [2.75, 3.05) is 20.6 Å². The number of fused-ring (bicyclic) bond motifs is 1. The van der Waals surface area contributed by atoms with Crippen molar-refractivity contribution in [1.29, 1.82) is 0 Å². The van der Waals surface area contributed by atoms with Crippen LogP contribution in [0, 0.1) is 5.82 Å². The van der Waals surface area contributed by atoms with Crippen molar-refractivity contribution in [3.63, 3.8) is 0 Å². The van der Waals surface area contributed by atoms with Crippen LogP contribution in [0.2, 0.25) is 0 Å². The Kier molecular flexibility index (Phi) is 6.01. The molecule has 0 N–H and O–H groups in total. The molecule has 0 fully saturated rings. The summed E-state index contributed by atoms with van der Waals surface area (Å²) in [5.74, 6) is -0.557. The van der Waals surface area contributed by atoms with Crippen LogP contribution in [0.5, 0.6) is 0 Å². The van der Waals surface area contributed by atoms with Crippen molar-refractivity contribution in [1.82, 2.24) is 9.80 Å². The monoisotopic (exact) mass is 368 g/mol. The van der Waals surface area contributed by atoms with Crippen LogP contribution in [-0.4, -0.2) is 48.2 Å². The van der Waals surface area contributed by atoms with Crippen molar-refractivity contribution in [2.24, 2.45) is 0 Å². The third-order valence-electron chi connectivity index (χ3n) is 5.26. The highest BCUT2D eigenvalue weighted by atomic mass is 19.1. The van der Waals surface area contributed by atoms with Gasteiger partial charge in [-0.3, -0.25) is 14.5 Å². The zero-order chi connectivity index (χ0) is 19.4. The summed E-state index contributed by atoms with van der Waals surface area (Å²) < 4.78 is 12.9. The molecular formula is C22H25FN2O2. The Bertz CT molecular complexity index is 819. The molecule has 0 saturated carbocycles. The van der Waals surface area contributed by atoms with Crippen LogP contribution < -0.4 is 0 Å². The molecule has 1 amide bonds. The highest BCUT2D eigenvalue weighted by Gasteiger charge is 2.25. The highest BCUT2D eigenvalue weighted by Crippen LogP contribution is 2.22. The summed E-state index contributed by atoms with van der Waals surface area (Å²) in [5, 5.41) is 0. The molecule has 0 radical (unpaired) electrons. The molecule has 0 saturated heterocycles. The van der Waals surface area contributed by atoms with Crippen LogP contribution in [0.4, 0.5) is 4.39 Å². The SMILES string of the molecule is CN(C[C@@H]1Cc2ccccc2CN1C)C(=O)CCC(=O)c1ccc(F)cc1. The molecule has 4 nitrogen and oxygen atoms in total. The fourth-order valence-electron chi connectivity index (χ4n) is 3.53. The number of ketones is 1. The van der Waals surface area contributed by atoms with Crippen molar-refractivity contribution in [3.8, 4) is 0 Å². The number of Topliss-reactive ketones (excluding diaryl/α,β-unsaturated/α-hetero) is 1. The van der Waals surface area contributed by atoms with E-state index in [0.29, 0.717) is 12.1 Å². The van der Waals surface area contributed by atoms with E-state index in [4.69, 9.17) is 0 Å². The second-order valence-corrected chi connectivity index (χ2v) is 7.25. The average Bonchev–Trinajstić information content (AvgIpc) is 2.66. The van der Waals surface area contributed by atoms with Crippen molar-refractivity contribution < 1.29 is 14.0 Å². The van der Waals surface area contributed by atoms with E-state index < -0.39 is 0 Å². The van der Waals surface area contributed by atoms with Crippen LogP contribution in [-0.2, 0) is 17.8 Å². The Morgan fingerprint density at radius 1 is 1.07 bits per heavy atom. The molecular weight excluding hydrogens is 343 g/mol. The van der Waals surface area contributed by atoms with Crippen LogP contribution in [0.1, 0.15) is 34.3 Å². The maximum atomic E-state index is 12.9. The lowest BCUT2D eigenvalue weighted by Crippen LogP contribution is -2.46. The molecule has 0 bridgehead atoms. The number of hydrogen-bond acceptors (Lipinski definition) is 3. The molecule has 1 atom stereocenters. The number of carbonyl (C=O) groups excluding carboxylic acids is 2. The first-order valence-electron chi connectivity index (χ1n) is 9.24. The van der Waals surface area contributed by atoms with E-state index in [1.165, 1.54) is 35.4 Å². The van der Waals surface area contributed by atoms with Crippen molar-refractivity contribution in [3.05, 3.63) is 71.0 Å². The fourth-order valence-corrected chi connectivity index (χ4v) is 3.53. The van der Waals surface area contributed by atoms with E-state index >= 15 is 0 Å². The smallest absolute Gasteiger partial charge is 0.222 e. The van der Waals surface area contributed by atoms with Gasteiger partial charge in [-0.2, -0.15) is 0 Å². The molecule has 0 spiro atoms. The third-order valence-corrected chi connectivity index (χ3v) is 5.26. The summed E-state index contributed by atoms with van der Waals surface area (Å²) in [6, 6.07) is 14.1. The van der Waals surface area contributed by atoms with Gasteiger partial charge in [-0.25, -0.2) is 4.39 Å². The molecule has 2 aromatic rings. The average molecular weight is 368 g/mol. The summed E-state index contributed by atoms with van der Waals surface area (Å²) in [4.78, 5) is 28.6. The predicted molar refractivity (Wildman–Crippen MR) is 103 cm³/mol. The van der Waals surface area contributed by atoms with Gasteiger partial charge >= 0.3 is 0 Å². The summed E-state index contributed by atoms with van der Waals surface area (Å²) in [6.07, 6.45) is 1.22. The van der Waals surface area contributed by atoms with E-state index in [2.05, 4.69) is 36.2 Å². The summed E-state index contributed by atoms with van der Waals surface area (Å²) in [6.45, 7) is 1.51. The van der Waals surface area contributed by atoms with Gasteiger partial charge in [0.25, 0.3) is 0 Å². The van der Waals surface area contributed by atoms with Crippen LogP contribution in [0.15, 0.2) is 48.5 Å². The molecule has 1 aliphatic heterocycles. The molecule has 0 unspecified atom stereocenters. The van der Waals surface area contributed by atoms with Gasteiger partial charge < -0.3 is 4.90 Å². The first-order valence-corrected chi connectivity index (χ1v) is 9.24. The van der Waals surface area contributed by atoms with Gasteiger partial charge in [0.15, 0.2) is 5.78 Å². The quantitative estimate of drug-likeness (QED) is 0.735. The van der Waals surface area contributed by atoms with Crippen LogP contribution >= 0.6 is 0 Å². The lowest BCUT2D eigenvalue weighted by molar-refractivity contribution is -0.130. The minimum Gasteiger partial charge on any atom is -0.344 e. The maximum Gasteiger partial charge on any atom is 0.222 e. The Balaban J connectivity index is 1.52. The number of halogens is 1. The number of amides is 1. The Morgan fingerprint density at radius 3 is 2.44 bits per heavy atom. The van der Waals surface area contributed by atoms with Crippen molar-refractivity contribution >= 4 is 11.7 Å². The molecule has 1 aliphatic rings. The number of carbonyl (C=O) groups is 2. The first-order chi connectivity index (χ1) is 12.9. The Hall–Kier alpha value is -2.53. The standard InChI is InChI=1S/C22H25FN2O2/c1-24-14-18-6-4-3-5-17(18)13-20(24)15-25(2)22(27)12-11-21(26)16-7-9-19(23)10-8-16/h3-10,20H,11-15H2,1-2H3/t20-/m0/s1. The normalized spacial score (nSPS) is 16.6. The predicted octanol–water partition coefficient (Wildman–Crippen LogP) is 3.30. The first kappa shape index (κ1) is 19.2.